The minimum absolute atomic E-state index is 0.287. The fourth-order valence-electron chi connectivity index (χ4n) is 4.15. The highest BCUT2D eigenvalue weighted by Gasteiger charge is 2.35. The molecule has 0 bridgehead atoms. The van der Waals surface area contributed by atoms with Gasteiger partial charge >= 0.3 is 0 Å². The average Bonchev–Trinajstić information content (AvgIpc) is 2.90. The van der Waals surface area contributed by atoms with Gasteiger partial charge in [-0.1, -0.05) is 43.8 Å². The molecule has 1 aliphatic rings. The topological polar surface area (TPSA) is 8.29 Å². The van der Waals surface area contributed by atoms with E-state index in [1.54, 1.807) is 0 Å². The van der Waals surface area contributed by atoms with Crippen molar-refractivity contribution in [3.63, 3.8) is 0 Å². The fraction of sp³-hybridized carbons (Fsp3) is 0.150. The third-order valence-electron chi connectivity index (χ3n) is 5.16. The van der Waals surface area contributed by atoms with Gasteiger partial charge < -0.3 is 0 Å². The van der Waals surface area contributed by atoms with Gasteiger partial charge in [0.25, 0.3) is 5.65 Å². The molecule has 4 aromatic rings. The van der Waals surface area contributed by atoms with Gasteiger partial charge in [0.15, 0.2) is 11.0 Å². The Labute approximate surface area is 128 Å². The molecule has 2 unspecified atom stereocenters. The van der Waals surface area contributed by atoms with E-state index in [0.29, 0.717) is 5.92 Å². The van der Waals surface area contributed by atoms with Crippen molar-refractivity contribution in [3.05, 3.63) is 72.9 Å². The molecule has 0 spiro atoms. The van der Waals surface area contributed by atoms with Gasteiger partial charge in [0.05, 0.1) is 11.6 Å². The molecule has 0 N–H and O–H groups in total. The third-order valence-corrected chi connectivity index (χ3v) is 5.16. The molecule has 2 aromatic carbocycles. The van der Waals surface area contributed by atoms with E-state index < -0.39 is 0 Å². The number of allylic oxidation sites excluding steroid dienone is 1. The van der Waals surface area contributed by atoms with Gasteiger partial charge in [-0.15, -0.1) is 0 Å². The van der Waals surface area contributed by atoms with Crippen LogP contribution in [-0.2, 0) is 0 Å². The highest BCUT2D eigenvalue weighted by atomic mass is 15.1. The fourth-order valence-corrected chi connectivity index (χ4v) is 4.15. The lowest BCUT2D eigenvalue weighted by molar-refractivity contribution is -0.666. The molecule has 22 heavy (non-hydrogen) atoms. The summed E-state index contributed by atoms with van der Waals surface area (Å²) in [6, 6.07) is 17.8. The Morgan fingerprint density at radius 3 is 2.82 bits per heavy atom. The summed E-state index contributed by atoms with van der Waals surface area (Å²) in [5.41, 5.74) is 5.25. The zero-order chi connectivity index (χ0) is 14.8. The number of imidazole rings is 1. The van der Waals surface area contributed by atoms with Crippen LogP contribution in [0.3, 0.4) is 0 Å². The Bertz CT molecular complexity index is 1070. The predicted molar refractivity (Wildman–Crippen MR) is 90.3 cm³/mol. The van der Waals surface area contributed by atoms with Crippen molar-refractivity contribution < 1.29 is 4.57 Å². The Morgan fingerprint density at radius 1 is 1.09 bits per heavy atom. The maximum absolute atomic E-state index is 4.11. The molecule has 106 valence electrons. The van der Waals surface area contributed by atoms with Gasteiger partial charge in [0, 0.05) is 5.92 Å². The number of benzene rings is 2. The summed E-state index contributed by atoms with van der Waals surface area (Å²) in [5, 5.41) is 2.70. The Hall–Kier alpha value is -2.61. The molecule has 5 rings (SSSR count). The lowest BCUT2D eigenvalue weighted by Crippen LogP contribution is -2.43. The molecule has 3 heterocycles. The smallest absolute Gasteiger partial charge is 0.215 e. The van der Waals surface area contributed by atoms with Crippen LogP contribution in [-0.4, -0.2) is 4.40 Å². The molecule has 0 saturated heterocycles. The van der Waals surface area contributed by atoms with E-state index in [-0.39, 0.29) is 6.04 Å². The minimum atomic E-state index is 0.287. The lowest BCUT2D eigenvalue weighted by Gasteiger charge is -2.25. The second-order valence-corrected chi connectivity index (χ2v) is 6.19. The molecule has 2 nitrogen and oxygen atoms in total. The molecular formula is C20H17N2+. The quantitative estimate of drug-likeness (QED) is 0.362. The maximum Gasteiger partial charge on any atom is 0.295 e. The van der Waals surface area contributed by atoms with Gasteiger partial charge in [0.1, 0.15) is 6.04 Å². The molecule has 0 fully saturated rings. The van der Waals surface area contributed by atoms with Crippen LogP contribution in [0.25, 0.3) is 27.5 Å². The molecule has 1 aliphatic heterocycles. The number of hydrogen-bond donors (Lipinski definition) is 0. The summed E-state index contributed by atoms with van der Waals surface area (Å²) in [5.74, 6) is 0.427. The highest BCUT2D eigenvalue weighted by molar-refractivity contribution is 5.98. The Kier molecular flexibility index (Phi) is 2.17. The molecule has 2 heteroatoms. The second-order valence-electron chi connectivity index (χ2n) is 6.19. The van der Waals surface area contributed by atoms with Crippen LogP contribution in [0.4, 0.5) is 0 Å². The molecule has 0 amide bonds. The number of para-hydroxylation sites is 2. The second kappa shape index (κ2) is 3.98. The van der Waals surface area contributed by atoms with E-state index in [2.05, 4.69) is 83.3 Å². The zero-order valence-corrected chi connectivity index (χ0v) is 12.5. The molecule has 2 aromatic heterocycles. The van der Waals surface area contributed by atoms with Crippen LogP contribution >= 0.6 is 0 Å². The highest BCUT2D eigenvalue weighted by Crippen LogP contribution is 2.39. The minimum Gasteiger partial charge on any atom is -0.215 e. The Morgan fingerprint density at radius 2 is 1.95 bits per heavy atom. The van der Waals surface area contributed by atoms with Crippen molar-refractivity contribution >= 4 is 27.5 Å². The summed E-state index contributed by atoms with van der Waals surface area (Å²) >= 11 is 0. The van der Waals surface area contributed by atoms with Gasteiger partial charge in [-0.25, -0.2) is 4.57 Å². The first-order chi connectivity index (χ1) is 10.8. The maximum atomic E-state index is 4.11. The van der Waals surface area contributed by atoms with E-state index in [4.69, 9.17) is 0 Å². The third kappa shape index (κ3) is 1.24. The normalized spacial score (nSPS) is 20.2. The molecule has 0 saturated carbocycles. The molecule has 0 radical (unpaired) electrons. The van der Waals surface area contributed by atoms with E-state index >= 15 is 0 Å². The molecule has 0 aliphatic carbocycles. The van der Waals surface area contributed by atoms with Crippen LogP contribution in [0.2, 0.25) is 0 Å². The van der Waals surface area contributed by atoms with E-state index in [1.165, 1.54) is 33.0 Å². The van der Waals surface area contributed by atoms with Crippen LogP contribution in [0.5, 0.6) is 0 Å². The summed E-state index contributed by atoms with van der Waals surface area (Å²) in [6.07, 6.45) is 4.28. The van der Waals surface area contributed by atoms with E-state index in [0.717, 1.165) is 0 Å². The first-order valence-corrected chi connectivity index (χ1v) is 7.80. The van der Waals surface area contributed by atoms with Crippen molar-refractivity contribution in [2.45, 2.75) is 18.9 Å². The number of nitrogens with zero attached hydrogens (tertiary/aromatic N) is 2. The number of hydrogen-bond acceptors (Lipinski definition) is 0. The first kappa shape index (κ1) is 12.0. The SMILES string of the molecule is C=CC1C(C)c2cccc3ccn4c5ccccc5[n+]1c4c23. The van der Waals surface area contributed by atoms with Gasteiger partial charge in [-0.3, -0.25) is 0 Å². The lowest BCUT2D eigenvalue weighted by atomic mass is 9.87. The number of aromatic nitrogens is 2. The first-order valence-electron chi connectivity index (χ1n) is 7.80. The number of rotatable bonds is 1. The summed E-state index contributed by atoms with van der Waals surface area (Å²) in [6.45, 7) is 6.42. The zero-order valence-electron chi connectivity index (χ0n) is 12.5. The van der Waals surface area contributed by atoms with Crippen molar-refractivity contribution in [2.75, 3.05) is 0 Å². The summed E-state index contributed by atoms with van der Waals surface area (Å²) in [7, 11) is 0. The summed E-state index contributed by atoms with van der Waals surface area (Å²) < 4.78 is 4.78. The number of fused-ring (bicyclic) bond motifs is 3. The van der Waals surface area contributed by atoms with Crippen molar-refractivity contribution in [2.24, 2.45) is 0 Å². The van der Waals surface area contributed by atoms with Crippen molar-refractivity contribution in [1.82, 2.24) is 4.40 Å². The van der Waals surface area contributed by atoms with E-state index in [9.17, 15) is 0 Å². The largest absolute Gasteiger partial charge is 0.295 e. The van der Waals surface area contributed by atoms with E-state index in [1.807, 2.05) is 0 Å². The van der Waals surface area contributed by atoms with Crippen LogP contribution < -0.4 is 4.57 Å². The predicted octanol–water partition coefficient (Wildman–Crippen LogP) is 4.38. The van der Waals surface area contributed by atoms with Gasteiger partial charge in [-0.05, 0) is 35.2 Å². The summed E-state index contributed by atoms with van der Waals surface area (Å²) in [4.78, 5) is 0. The van der Waals surface area contributed by atoms with Crippen LogP contribution in [0.1, 0.15) is 24.4 Å². The molecular weight excluding hydrogens is 268 g/mol. The standard InChI is InChI=1S/C20H17N2/c1-3-16-13(2)15-8-6-7-14-11-12-21-17-9-4-5-10-18(17)22(16)20(21)19(14)15/h3-13,16H,1H2,2H3/q+1. The van der Waals surface area contributed by atoms with Crippen LogP contribution in [0.15, 0.2) is 67.4 Å². The van der Waals surface area contributed by atoms with Gasteiger partial charge in [-0.2, -0.15) is 4.40 Å². The van der Waals surface area contributed by atoms with Crippen LogP contribution in [0, 0.1) is 0 Å². The monoisotopic (exact) mass is 285 g/mol. The van der Waals surface area contributed by atoms with Crippen molar-refractivity contribution in [3.8, 4) is 0 Å². The average molecular weight is 285 g/mol. The van der Waals surface area contributed by atoms with Gasteiger partial charge in [0.2, 0.25) is 0 Å². The molecule has 2 atom stereocenters. The van der Waals surface area contributed by atoms with Crippen molar-refractivity contribution in [1.29, 1.82) is 0 Å². The Balaban J connectivity index is 2.18. The number of pyridine rings is 1.